The average Bonchev–Trinajstić information content (AvgIpc) is 3.00. The molecule has 0 fully saturated rings. The molecule has 1 atom stereocenters. The largest absolute Gasteiger partial charge is 0.381 e. The average molecular weight is 288 g/mol. The van der Waals surface area contributed by atoms with Crippen molar-refractivity contribution in [2.45, 2.75) is 39.2 Å². The second-order valence-electron chi connectivity index (χ2n) is 5.86. The summed E-state index contributed by atoms with van der Waals surface area (Å²) < 4.78 is 5.55. The van der Waals surface area contributed by atoms with E-state index < -0.39 is 0 Å². The fourth-order valence-electron chi connectivity index (χ4n) is 2.61. The highest BCUT2D eigenvalue weighted by atomic mass is 16.5. The number of nitrogens with zero attached hydrogens (tertiary/aromatic N) is 2. The van der Waals surface area contributed by atoms with Crippen molar-refractivity contribution in [2.75, 3.05) is 13.7 Å². The van der Waals surface area contributed by atoms with E-state index in [9.17, 15) is 4.79 Å². The molecule has 0 aromatic carbocycles. The molecule has 0 saturated carbocycles. The van der Waals surface area contributed by atoms with Gasteiger partial charge in [-0.1, -0.05) is 19.9 Å². The van der Waals surface area contributed by atoms with Crippen LogP contribution in [0.3, 0.4) is 0 Å². The van der Waals surface area contributed by atoms with E-state index >= 15 is 0 Å². The predicted molar refractivity (Wildman–Crippen MR) is 83.0 cm³/mol. The molecular weight excluding hydrogens is 264 g/mol. The smallest absolute Gasteiger partial charge is 0.259 e. The van der Waals surface area contributed by atoms with Crippen LogP contribution in [0.4, 0.5) is 0 Å². The topological polar surface area (TPSA) is 42.4 Å². The maximum atomic E-state index is 12.6. The number of pyridine rings is 1. The molecule has 0 saturated heterocycles. The molecule has 21 heavy (non-hydrogen) atoms. The van der Waals surface area contributed by atoms with E-state index in [1.165, 1.54) is 0 Å². The maximum absolute atomic E-state index is 12.6. The molecule has 1 aromatic heterocycles. The zero-order valence-electron chi connectivity index (χ0n) is 13.1. The first-order valence-electron chi connectivity index (χ1n) is 7.56. The highest BCUT2D eigenvalue weighted by Crippen LogP contribution is 2.18. The van der Waals surface area contributed by atoms with Gasteiger partial charge in [0.25, 0.3) is 5.91 Å². The van der Waals surface area contributed by atoms with Gasteiger partial charge in [-0.25, -0.2) is 0 Å². The Morgan fingerprint density at radius 1 is 1.48 bits per heavy atom. The molecule has 1 aliphatic rings. The summed E-state index contributed by atoms with van der Waals surface area (Å²) in [6.45, 7) is 5.10. The third kappa shape index (κ3) is 4.14. The van der Waals surface area contributed by atoms with Gasteiger partial charge in [-0.05, 0) is 30.9 Å². The molecule has 1 amide bonds. The number of rotatable bonds is 6. The number of ether oxygens (including phenoxy) is 1. The summed E-state index contributed by atoms with van der Waals surface area (Å²) in [6.07, 6.45) is 8.29. The van der Waals surface area contributed by atoms with E-state index in [-0.39, 0.29) is 12.0 Å². The number of carbonyl (C=O) groups excluding carboxylic acids is 1. The number of aromatic nitrogens is 1. The van der Waals surface area contributed by atoms with Crippen LogP contribution >= 0.6 is 0 Å². The molecule has 1 aliphatic heterocycles. The summed E-state index contributed by atoms with van der Waals surface area (Å²) >= 11 is 0. The van der Waals surface area contributed by atoms with Gasteiger partial charge >= 0.3 is 0 Å². The van der Waals surface area contributed by atoms with Gasteiger partial charge in [-0.3, -0.25) is 9.78 Å². The van der Waals surface area contributed by atoms with E-state index in [4.69, 9.17) is 4.74 Å². The van der Waals surface area contributed by atoms with Crippen molar-refractivity contribution in [3.63, 3.8) is 0 Å². The Hall–Kier alpha value is -1.68. The minimum Gasteiger partial charge on any atom is -0.381 e. The first-order chi connectivity index (χ1) is 10.1. The van der Waals surface area contributed by atoms with E-state index in [0.29, 0.717) is 17.9 Å². The normalized spacial score (nSPS) is 15.7. The van der Waals surface area contributed by atoms with Crippen LogP contribution in [0.2, 0.25) is 0 Å². The summed E-state index contributed by atoms with van der Waals surface area (Å²) in [5, 5.41) is 0. The van der Waals surface area contributed by atoms with Crippen LogP contribution in [0.1, 0.15) is 42.7 Å². The molecule has 114 valence electrons. The van der Waals surface area contributed by atoms with Crippen molar-refractivity contribution < 1.29 is 9.53 Å². The number of amides is 1. The lowest BCUT2D eigenvalue weighted by atomic mass is 9.99. The first-order valence-corrected chi connectivity index (χ1v) is 7.56. The van der Waals surface area contributed by atoms with Crippen LogP contribution in [-0.4, -0.2) is 35.5 Å². The zero-order valence-corrected chi connectivity index (χ0v) is 13.1. The fraction of sp³-hybridized carbons (Fsp3) is 0.529. The van der Waals surface area contributed by atoms with Gasteiger partial charge in [0.05, 0.1) is 17.4 Å². The van der Waals surface area contributed by atoms with Crippen LogP contribution < -0.4 is 0 Å². The van der Waals surface area contributed by atoms with E-state index in [2.05, 4.69) is 18.8 Å². The van der Waals surface area contributed by atoms with Crippen molar-refractivity contribution in [1.82, 2.24) is 9.88 Å². The minimum atomic E-state index is 0.0336. The SMILES string of the molecule is COC(Cc1ncccc1C(=O)N1C=CCC1)CC(C)C. The molecule has 4 heteroatoms. The molecule has 1 aromatic rings. The highest BCUT2D eigenvalue weighted by Gasteiger charge is 2.21. The van der Waals surface area contributed by atoms with Gasteiger partial charge in [-0.2, -0.15) is 0 Å². The molecule has 2 heterocycles. The van der Waals surface area contributed by atoms with Crippen LogP contribution in [0.15, 0.2) is 30.6 Å². The molecule has 0 radical (unpaired) electrons. The van der Waals surface area contributed by atoms with Gasteiger partial charge in [0, 0.05) is 32.5 Å². The third-order valence-corrected chi connectivity index (χ3v) is 3.69. The Kier molecular flexibility index (Phi) is 5.51. The summed E-state index contributed by atoms with van der Waals surface area (Å²) in [5.74, 6) is 0.588. The van der Waals surface area contributed by atoms with Crippen molar-refractivity contribution in [3.8, 4) is 0 Å². The zero-order chi connectivity index (χ0) is 15.2. The van der Waals surface area contributed by atoms with Gasteiger partial charge < -0.3 is 9.64 Å². The Bertz CT molecular complexity index is 511. The lowest BCUT2D eigenvalue weighted by molar-refractivity contribution is 0.0802. The minimum absolute atomic E-state index is 0.0336. The Balaban J connectivity index is 2.16. The van der Waals surface area contributed by atoms with E-state index in [1.54, 1.807) is 18.2 Å². The first kappa shape index (κ1) is 15.7. The van der Waals surface area contributed by atoms with Gasteiger partial charge in [0.2, 0.25) is 0 Å². The quantitative estimate of drug-likeness (QED) is 0.808. The number of carbonyl (C=O) groups is 1. The molecule has 0 aliphatic carbocycles. The number of hydrogen-bond acceptors (Lipinski definition) is 3. The summed E-state index contributed by atoms with van der Waals surface area (Å²) in [4.78, 5) is 18.7. The molecule has 0 bridgehead atoms. The van der Waals surface area contributed by atoms with Crippen LogP contribution in [0.25, 0.3) is 0 Å². The summed E-state index contributed by atoms with van der Waals surface area (Å²) in [7, 11) is 1.72. The van der Waals surface area contributed by atoms with Gasteiger partial charge in [-0.15, -0.1) is 0 Å². The van der Waals surface area contributed by atoms with E-state index in [0.717, 1.165) is 25.1 Å². The molecule has 0 N–H and O–H groups in total. The van der Waals surface area contributed by atoms with E-state index in [1.807, 2.05) is 24.4 Å². The molecule has 0 spiro atoms. The third-order valence-electron chi connectivity index (χ3n) is 3.69. The predicted octanol–water partition coefficient (Wildman–Crippen LogP) is 3.04. The van der Waals surface area contributed by atoms with Crippen molar-refractivity contribution in [1.29, 1.82) is 0 Å². The molecule has 1 unspecified atom stereocenters. The summed E-state index contributed by atoms with van der Waals surface area (Å²) in [5.41, 5.74) is 1.52. The van der Waals surface area contributed by atoms with Crippen molar-refractivity contribution >= 4 is 5.91 Å². The monoisotopic (exact) mass is 288 g/mol. The molecule has 4 nitrogen and oxygen atoms in total. The summed E-state index contributed by atoms with van der Waals surface area (Å²) in [6, 6.07) is 3.68. The lowest BCUT2D eigenvalue weighted by Gasteiger charge is -2.20. The Labute approximate surface area is 126 Å². The van der Waals surface area contributed by atoms with Crippen LogP contribution in [-0.2, 0) is 11.2 Å². The van der Waals surface area contributed by atoms with Crippen LogP contribution in [0.5, 0.6) is 0 Å². The second kappa shape index (κ2) is 7.36. The van der Waals surface area contributed by atoms with Crippen molar-refractivity contribution in [3.05, 3.63) is 41.9 Å². The maximum Gasteiger partial charge on any atom is 0.259 e. The number of hydrogen-bond donors (Lipinski definition) is 0. The Morgan fingerprint density at radius 2 is 2.29 bits per heavy atom. The lowest BCUT2D eigenvalue weighted by Crippen LogP contribution is -2.26. The molecular formula is C17H24N2O2. The van der Waals surface area contributed by atoms with Crippen LogP contribution in [0, 0.1) is 5.92 Å². The van der Waals surface area contributed by atoms with Gasteiger partial charge in [0.15, 0.2) is 0 Å². The highest BCUT2D eigenvalue weighted by molar-refractivity contribution is 5.96. The van der Waals surface area contributed by atoms with Gasteiger partial charge in [0.1, 0.15) is 0 Å². The second-order valence-corrected chi connectivity index (χ2v) is 5.86. The number of methoxy groups -OCH3 is 1. The van der Waals surface area contributed by atoms with Crippen molar-refractivity contribution in [2.24, 2.45) is 5.92 Å². The molecule has 2 rings (SSSR count). The Morgan fingerprint density at radius 3 is 2.90 bits per heavy atom. The fourth-order valence-corrected chi connectivity index (χ4v) is 2.61. The standard InChI is InChI=1S/C17H24N2O2/c1-13(2)11-14(21-3)12-16-15(7-6-8-18-16)17(20)19-9-4-5-10-19/h4,6-9,13-14H,5,10-12H2,1-3H3.